The minimum absolute atomic E-state index is 0.177. The Balaban J connectivity index is 2.34. The number of rotatable bonds is 3. The van der Waals surface area contributed by atoms with Crippen LogP contribution in [0, 0.1) is 11.8 Å². The van der Waals surface area contributed by atoms with Crippen molar-refractivity contribution in [3.63, 3.8) is 0 Å². The fourth-order valence-electron chi connectivity index (χ4n) is 2.10. The molecule has 1 N–H and O–H groups in total. The second-order valence-corrected chi connectivity index (χ2v) is 5.50. The van der Waals surface area contributed by atoms with E-state index in [2.05, 4.69) is 0 Å². The minimum atomic E-state index is -0.744. The molecule has 4 nitrogen and oxygen atoms in total. The summed E-state index contributed by atoms with van der Waals surface area (Å²) in [6, 6.07) is 0. The molecule has 4 heteroatoms. The first kappa shape index (κ1) is 13.0. The molecule has 1 aliphatic carbocycles. The number of carbonyl (C=O) groups is 2. The summed E-state index contributed by atoms with van der Waals surface area (Å²) in [5.41, 5.74) is -0.456. The highest BCUT2D eigenvalue weighted by molar-refractivity contribution is 5.72. The predicted molar refractivity (Wildman–Crippen MR) is 58.9 cm³/mol. The van der Waals surface area contributed by atoms with Crippen LogP contribution in [0.2, 0.25) is 0 Å². The van der Waals surface area contributed by atoms with Gasteiger partial charge in [0.05, 0.1) is 5.92 Å². The van der Waals surface area contributed by atoms with Crippen LogP contribution >= 0.6 is 0 Å². The molecule has 2 atom stereocenters. The lowest BCUT2D eigenvalue weighted by atomic mass is 10.0. The Kier molecular flexibility index (Phi) is 3.94. The summed E-state index contributed by atoms with van der Waals surface area (Å²) >= 11 is 0. The van der Waals surface area contributed by atoms with Gasteiger partial charge in [-0.15, -0.1) is 0 Å². The molecule has 1 fully saturated rings. The van der Waals surface area contributed by atoms with Crippen LogP contribution < -0.4 is 0 Å². The second kappa shape index (κ2) is 4.85. The Labute approximate surface area is 96.0 Å². The van der Waals surface area contributed by atoms with Crippen molar-refractivity contribution in [2.75, 3.05) is 0 Å². The van der Waals surface area contributed by atoms with Gasteiger partial charge < -0.3 is 9.84 Å². The Morgan fingerprint density at radius 1 is 1.31 bits per heavy atom. The zero-order chi connectivity index (χ0) is 12.3. The summed E-state index contributed by atoms with van der Waals surface area (Å²) in [4.78, 5) is 22.3. The van der Waals surface area contributed by atoms with Crippen LogP contribution in [0.1, 0.15) is 46.5 Å². The average molecular weight is 228 g/mol. The van der Waals surface area contributed by atoms with Gasteiger partial charge in [0, 0.05) is 6.42 Å². The van der Waals surface area contributed by atoms with Gasteiger partial charge in [-0.1, -0.05) is 0 Å². The van der Waals surface area contributed by atoms with Gasteiger partial charge in [-0.25, -0.2) is 0 Å². The molecule has 0 aromatic heterocycles. The van der Waals surface area contributed by atoms with Crippen molar-refractivity contribution in [1.29, 1.82) is 0 Å². The highest BCUT2D eigenvalue weighted by Gasteiger charge is 2.31. The second-order valence-electron chi connectivity index (χ2n) is 5.50. The molecule has 0 aromatic carbocycles. The highest BCUT2D eigenvalue weighted by atomic mass is 16.6. The van der Waals surface area contributed by atoms with E-state index in [0.717, 1.165) is 6.42 Å². The van der Waals surface area contributed by atoms with Gasteiger partial charge >= 0.3 is 11.9 Å². The maximum absolute atomic E-state index is 11.5. The van der Waals surface area contributed by atoms with Crippen molar-refractivity contribution in [3.05, 3.63) is 0 Å². The summed E-state index contributed by atoms with van der Waals surface area (Å²) in [6.45, 7) is 5.50. The Morgan fingerprint density at radius 2 is 1.94 bits per heavy atom. The van der Waals surface area contributed by atoms with E-state index < -0.39 is 11.6 Å². The predicted octanol–water partition coefficient (Wildman–Crippen LogP) is 2.22. The van der Waals surface area contributed by atoms with E-state index >= 15 is 0 Å². The summed E-state index contributed by atoms with van der Waals surface area (Å²) in [7, 11) is 0. The van der Waals surface area contributed by atoms with E-state index in [-0.39, 0.29) is 17.8 Å². The highest BCUT2D eigenvalue weighted by Crippen LogP contribution is 2.33. The van der Waals surface area contributed by atoms with Crippen LogP contribution in [0.4, 0.5) is 0 Å². The average Bonchev–Trinajstić information content (AvgIpc) is 2.48. The molecule has 1 aliphatic rings. The number of carbonyl (C=O) groups excluding carboxylic acids is 1. The van der Waals surface area contributed by atoms with E-state index in [0.29, 0.717) is 19.3 Å². The number of hydrogen-bond donors (Lipinski definition) is 1. The molecule has 1 saturated carbocycles. The zero-order valence-corrected chi connectivity index (χ0v) is 10.2. The maximum Gasteiger partial charge on any atom is 0.306 e. The van der Waals surface area contributed by atoms with Gasteiger partial charge in [-0.3, -0.25) is 9.59 Å². The molecule has 0 amide bonds. The third kappa shape index (κ3) is 4.21. The van der Waals surface area contributed by atoms with Gasteiger partial charge in [-0.05, 0) is 46.0 Å². The molecule has 0 heterocycles. The number of carboxylic acid groups (broad SMARTS) is 1. The number of hydrogen-bond acceptors (Lipinski definition) is 3. The molecule has 16 heavy (non-hydrogen) atoms. The Hall–Kier alpha value is -1.06. The van der Waals surface area contributed by atoms with Crippen molar-refractivity contribution in [3.8, 4) is 0 Å². The quantitative estimate of drug-likeness (QED) is 0.752. The lowest BCUT2D eigenvalue weighted by molar-refractivity contribution is -0.156. The van der Waals surface area contributed by atoms with Crippen molar-refractivity contribution in [2.45, 2.75) is 52.1 Å². The molecule has 0 saturated heterocycles. The number of ether oxygens (including phenoxy) is 1. The fraction of sp³-hybridized carbons (Fsp3) is 0.833. The van der Waals surface area contributed by atoms with Crippen LogP contribution in [-0.2, 0) is 14.3 Å². The minimum Gasteiger partial charge on any atom is -0.481 e. The number of esters is 1. The van der Waals surface area contributed by atoms with E-state index in [4.69, 9.17) is 9.84 Å². The van der Waals surface area contributed by atoms with Crippen LogP contribution in [-0.4, -0.2) is 22.6 Å². The van der Waals surface area contributed by atoms with Gasteiger partial charge in [0.15, 0.2) is 0 Å². The molecular formula is C12H20O4. The van der Waals surface area contributed by atoms with Gasteiger partial charge in [0.25, 0.3) is 0 Å². The van der Waals surface area contributed by atoms with Gasteiger partial charge in [0.2, 0.25) is 0 Å². The van der Waals surface area contributed by atoms with E-state index in [1.807, 2.05) is 20.8 Å². The molecule has 1 rings (SSSR count). The molecule has 0 radical (unpaired) electrons. The van der Waals surface area contributed by atoms with Crippen LogP contribution in [0.15, 0.2) is 0 Å². The van der Waals surface area contributed by atoms with Crippen molar-refractivity contribution in [2.24, 2.45) is 11.8 Å². The first-order chi connectivity index (χ1) is 7.28. The molecular weight excluding hydrogens is 208 g/mol. The molecule has 0 aliphatic heterocycles. The standard InChI is InChI=1S/C12H20O4/c1-12(2,3)16-10(13)7-8-4-5-9(6-8)11(14)15/h8-9H,4-7H2,1-3H3,(H,14,15)/t8-,9-/m0/s1. The van der Waals surface area contributed by atoms with Crippen LogP contribution in [0.25, 0.3) is 0 Å². The van der Waals surface area contributed by atoms with E-state index in [1.54, 1.807) is 0 Å². The van der Waals surface area contributed by atoms with Crippen molar-refractivity contribution in [1.82, 2.24) is 0 Å². The van der Waals surface area contributed by atoms with Crippen LogP contribution in [0.5, 0.6) is 0 Å². The largest absolute Gasteiger partial charge is 0.481 e. The monoisotopic (exact) mass is 228 g/mol. The first-order valence-electron chi connectivity index (χ1n) is 5.72. The zero-order valence-electron chi connectivity index (χ0n) is 10.2. The first-order valence-corrected chi connectivity index (χ1v) is 5.72. The molecule has 0 aromatic rings. The van der Waals surface area contributed by atoms with Crippen LogP contribution in [0.3, 0.4) is 0 Å². The van der Waals surface area contributed by atoms with E-state index in [1.165, 1.54) is 0 Å². The summed E-state index contributed by atoms with van der Waals surface area (Å²) < 4.78 is 5.21. The summed E-state index contributed by atoms with van der Waals surface area (Å²) in [5.74, 6) is -1.06. The SMILES string of the molecule is CC(C)(C)OC(=O)C[C@H]1CC[C@H](C(=O)O)C1. The Bertz CT molecular complexity index is 277. The fourth-order valence-corrected chi connectivity index (χ4v) is 2.10. The summed E-state index contributed by atoms with van der Waals surface area (Å²) in [5, 5.41) is 8.84. The third-order valence-corrected chi connectivity index (χ3v) is 2.77. The molecule has 0 unspecified atom stereocenters. The van der Waals surface area contributed by atoms with Gasteiger partial charge in [-0.2, -0.15) is 0 Å². The topological polar surface area (TPSA) is 63.6 Å². The maximum atomic E-state index is 11.5. The smallest absolute Gasteiger partial charge is 0.306 e. The molecule has 92 valence electrons. The van der Waals surface area contributed by atoms with E-state index in [9.17, 15) is 9.59 Å². The Morgan fingerprint density at radius 3 is 2.38 bits per heavy atom. The lowest BCUT2D eigenvalue weighted by Crippen LogP contribution is -2.25. The molecule has 0 spiro atoms. The summed E-state index contributed by atoms with van der Waals surface area (Å²) in [6.07, 6.45) is 2.45. The van der Waals surface area contributed by atoms with Gasteiger partial charge in [0.1, 0.15) is 5.60 Å². The normalized spacial score (nSPS) is 25.4. The van der Waals surface area contributed by atoms with Crippen molar-refractivity contribution < 1.29 is 19.4 Å². The van der Waals surface area contributed by atoms with Crippen molar-refractivity contribution >= 4 is 11.9 Å². The third-order valence-electron chi connectivity index (χ3n) is 2.77. The molecule has 0 bridgehead atoms. The number of aliphatic carboxylic acids is 1. The lowest BCUT2D eigenvalue weighted by Gasteiger charge is -2.20. The number of carboxylic acids is 1.